The van der Waals surface area contributed by atoms with Gasteiger partial charge in [0.1, 0.15) is 0 Å². The highest BCUT2D eigenvalue weighted by molar-refractivity contribution is 6.60. The summed E-state index contributed by atoms with van der Waals surface area (Å²) in [6, 6.07) is 0. The summed E-state index contributed by atoms with van der Waals surface area (Å²) in [6.45, 7) is 0. The van der Waals surface area contributed by atoms with E-state index >= 15 is 0 Å². The molecule has 0 bridgehead atoms. The largest absolute Gasteiger partial charge is 0.276 e. The summed E-state index contributed by atoms with van der Waals surface area (Å²) >= 11 is 0. The van der Waals surface area contributed by atoms with E-state index in [0.717, 1.165) is 6.42 Å². The third-order valence-electron chi connectivity index (χ3n) is 0.814. The van der Waals surface area contributed by atoms with Crippen molar-refractivity contribution in [2.24, 2.45) is 4.99 Å². The highest BCUT2D eigenvalue weighted by Gasteiger charge is 1.88. The number of rotatable bonds is 0. The molecule has 1 heterocycles. The molecule has 2 heteroatoms. The molecule has 6 heavy (non-hydrogen) atoms. The monoisotopic (exact) mass is 79.1 g/mol. The van der Waals surface area contributed by atoms with Crippen molar-refractivity contribution in [3.63, 3.8) is 0 Å². The zero-order valence-electron chi connectivity index (χ0n) is 3.81. The molecule has 1 aliphatic heterocycles. The van der Waals surface area contributed by atoms with E-state index in [4.69, 9.17) is 0 Å². The second kappa shape index (κ2) is 1.29. The fourth-order valence-electron chi connectivity index (χ4n) is 0.456. The van der Waals surface area contributed by atoms with Crippen LogP contribution in [-0.2, 0) is 0 Å². The van der Waals surface area contributed by atoms with Gasteiger partial charge in [-0.1, -0.05) is 6.08 Å². The van der Waals surface area contributed by atoms with Crippen LogP contribution in [0.1, 0.15) is 6.42 Å². The zero-order chi connectivity index (χ0) is 4.41. The molecule has 1 rings (SSSR count). The molecule has 1 aliphatic rings. The summed E-state index contributed by atoms with van der Waals surface area (Å²) in [5, 5.41) is 0. The van der Waals surface area contributed by atoms with Gasteiger partial charge in [-0.3, -0.25) is 4.99 Å². The molecule has 0 aromatic heterocycles. The van der Waals surface area contributed by atoms with Gasteiger partial charge in [-0.2, -0.15) is 0 Å². The van der Waals surface area contributed by atoms with Gasteiger partial charge in [-0.25, -0.2) is 0 Å². The predicted octanol–water partition coefficient (Wildman–Crippen LogP) is -0.0646. The van der Waals surface area contributed by atoms with Gasteiger partial charge in [0.05, 0.1) is 0 Å². The quantitative estimate of drug-likeness (QED) is 0.360. The third kappa shape index (κ3) is 0.508. The Balaban J connectivity index is 2.61. The van der Waals surface area contributed by atoms with Gasteiger partial charge in [0.15, 0.2) is 7.85 Å². The van der Waals surface area contributed by atoms with Crippen LogP contribution in [0, 0.1) is 0 Å². The van der Waals surface area contributed by atoms with Gasteiger partial charge in [0.2, 0.25) is 0 Å². The van der Waals surface area contributed by atoms with Crippen LogP contribution in [0.15, 0.2) is 17.3 Å². The lowest BCUT2D eigenvalue weighted by atomic mass is 10.00. The molecule has 0 saturated carbocycles. The van der Waals surface area contributed by atoms with Crippen molar-refractivity contribution in [2.75, 3.05) is 0 Å². The summed E-state index contributed by atoms with van der Waals surface area (Å²) in [7, 11) is 2.03. The Hall–Kier alpha value is -0.525. The first-order valence-electron chi connectivity index (χ1n) is 2.08. The number of aliphatic imine (C=N–C) groups is 1. The minimum absolute atomic E-state index is 1.06. The first-order chi connectivity index (χ1) is 2.89. The van der Waals surface area contributed by atoms with Gasteiger partial charge >= 0.3 is 0 Å². The van der Waals surface area contributed by atoms with Crippen LogP contribution in [-0.4, -0.2) is 13.5 Å². The molecule has 0 N–H and O–H groups in total. The van der Waals surface area contributed by atoms with Crippen LogP contribution < -0.4 is 0 Å². The highest BCUT2D eigenvalue weighted by atomic mass is 14.7. The Morgan fingerprint density at radius 3 is 2.83 bits per heavy atom. The van der Waals surface area contributed by atoms with Gasteiger partial charge < -0.3 is 0 Å². The van der Waals surface area contributed by atoms with E-state index in [-0.39, 0.29) is 0 Å². The molecular weight excluding hydrogens is 72.9 g/mol. The minimum atomic E-state index is 1.06. The molecular formula is C4H6BN. The van der Waals surface area contributed by atoms with Crippen molar-refractivity contribution in [1.82, 2.24) is 0 Å². The van der Waals surface area contributed by atoms with Gasteiger partial charge in [0, 0.05) is 6.20 Å². The summed E-state index contributed by atoms with van der Waals surface area (Å²) in [5.74, 6) is 0. The molecule has 30 valence electrons. The fraction of sp³-hybridized carbons (Fsp3) is 0.250. The second-order valence-electron chi connectivity index (χ2n) is 1.45. The summed E-state index contributed by atoms with van der Waals surface area (Å²) in [4.78, 5) is 3.97. The first kappa shape index (κ1) is 3.66. The molecule has 0 amide bonds. The van der Waals surface area contributed by atoms with E-state index in [1.165, 1.54) is 5.61 Å². The Morgan fingerprint density at radius 1 is 1.83 bits per heavy atom. The topological polar surface area (TPSA) is 12.4 Å². The molecule has 0 saturated heterocycles. The van der Waals surface area contributed by atoms with Crippen molar-refractivity contribution in [1.29, 1.82) is 0 Å². The zero-order valence-corrected chi connectivity index (χ0v) is 3.81. The molecule has 0 radical (unpaired) electrons. The van der Waals surface area contributed by atoms with E-state index in [9.17, 15) is 0 Å². The second-order valence-corrected chi connectivity index (χ2v) is 1.45. The van der Waals surface area contributed by atoms with Gasteiger partial charge in [0.25, 0.3) is 0 Å². The lowest BCUT2D eigenvalue weighted by molar-refractivity contribution is 1.59. The predicted molar refractivity (Wildman–Crippen MR) is 29.7 cm³/mol. The minimum Gasteiger partial charge on any atom is -0.276 e. The van der Waals surface area contributed by atoms with Crippen LogP contribution in [0.2, 0.25) is 0 Å². The smallest absolute Gasteiger partial charge is 0.158 e. The SMILES string of the molecule is BC1=NC=CC1. The number of hydrogen-bond donors (Lipinski definition) is 0. The molecule has 0 aromatic carbocycles. The van der Waals surface area contributed by atoms with Crippen molar-refractivity contribution in [3.05, 3.63) is 12.3 Å². The molecule has 1 nitrogen and oxygen atoms in total. The Kier molecular flexibility index (Phi) is 0.786. The highest BCUT2D eigenvalue weighted by Crippen LogP contribution is 1.93. The third-order valence-corrected chi connectivity index (χ3v) is 0.814. The average Bonchev–Trinajstić information content (AvgIpc) is 1.86. The standard InChI is InChI=1S/C4H6BN/c5-4-2-1-3-6-4/h1,3H,2,5H2. The summed E-state index contributed by atoms with van der Waals surface area (Å²) in [6.07, 6.45) is 4.95. The van der Waals surface area contributed by atoms with Crippen molar-refractivity contribution in [3.8, 4) is 0 Å². The van der Waals surface area contributed by atoms with Crippen LogP contribution >= 0.6 is 0 Å². The van der Waals surface area contributed by atoms with Gasteiger partial charge in [-0.15, -0.1) is 0 Å². The summed E-state index contributed by atoms with van der Waals surface area (Å²) in [5.41, 5.74) is 1.22. The fourth-order valence-corrected chi connectivity index (χ4v) is 0.456. The lowest BCUT2D eigenvalue weighted by Crippen LogP contribution is -1.87. The van der Waals surface area contributed by atoms with E-state index < -0.39 is 0 Å². The Morgan fingerprint density at radius 2 is 2.67 bits per heavy atom. The number of nitrogens with zero attached hydrogens (tertiary/aromatic N) is 1. The summed E-state index contributed by atoms with van der Waals surface area (Å²) < 4.78 is 0. The van der Waals surface area contributed by atoms with Crippen LogP contribution in [0.5, 0.6) is 0 Å². The molecule has 0 aliphatic carbocycles. The molecule has 0 unspecified atom stereocenters. The van der Waals surface area contributed by atoms with Crippen LogP contribution in [0.25, 0.3) is 0 Å². The number of allylic oxidation sites excluding steroid dienone is 1. The maximum atomic E-state index is 3.97. The van der Waals surface area contributed by atoms with E-state index in [1.54, 1.807) is 0 Å². The van der Waals surface area contributed by atoms with E-state index in [1.807, 2.05) is 14.0 Å². The van der Waals surface area contributed by atoms with E-state index in [2.05, 4.69) is 11.1 Å². The molecule has 0 aromatic rings. The van der Waals surface area contributed by atoms with Crippen LogP contribution in [0.4, 0.5) is 0 Å². The Labute approximate surface area is 38.2 Å². The molecule has 0 atom stereocenters. The lowest BCUT2D eigenvalue weighted by Gasteiger charge is -1.76. The molecule has 0 spiro atoms. The van der Waals surface area contributed by atoms with E-state index in [0.29, 0.717) is 0 Å². The maximum Gasteiger partial charge on any atom is 0.158 e. The van der Waals surface area contributed by atoms with Gasteiger partial charge in [-0.05, 0) is 12.0 Å². The van der Waals surface area contributed by atoms with Crippen molar-refractivity contribution >= 4 is 13.5 Å². The molecule has 0 fully saturated rings. The maximum absolute atomic E-state index is 3.97. The Bertz CT molecular complexity index is 104. The van der Waals surface area contributed by atoms with Crippen LogP contribution in [0.3, 0.4) is 0 Å². The average molecular weight is 78.9 g/mol. The first-order valence-corrected chi connectivity index (χ1v) is 2.08. The van der Waals surface area contributed by atoms with Crippen molar-refractivity contribution < 1.29 is 0 Å². The number of hydrogen-bond acceptors (Lipinski definition) is 1. The normalized spacial score (nSPS) is 18.3. The van der Waals surface area contributed by atoms with Crippen molar-refractivity contribution in [2.45, 2.75) is 6.42 Å².